The number of esters is 1. The zero-order chi connectivity index (χ0) is 14.7. The summed E-state index contributed by atoms with van der Waals surface area (Å²) in [5, 5.41) is 11.8. The molecule has 0 saturated carbocycles. The third kappa shape index (κ3) is 3.16. The van der Waals surface area contributed by atoms with Crippen LogP contribution in [0.1, 0.15) is 20.3 Å². The van der Waals surface area contributed by atoms with Gasteiger partial charge >= 0.3 is 5.97 Å². The summed E-state index contributed by atoms with van der Waals surface area (Å²) in [7, 11) is 0. The molecular weight excluding hydrogens is 280 g/mol. The van der Waals surface area contributed by atoms with E-state index in [0.717, 1.165) is 10.7 Å². The highest BCUT2D eigenvalue weighted by atomic mass is 32.2. The fraction of sp³-hybridized carbons (Fsp3) is 0.538. The second-order valence-corrected chi connectivity index (χ2v) is 5.73. The van der Waals surface area contributed by atoms with Crippen LogP contribution in [0.5, 0.6) is 0 Å². The van der Waals surface area contributed by atoms with E-state index >= 15 is 0 Å². The van der Waals surface area contributed by atoms with Crippen molar-refractivity contribution in [2.45, 2.75) is 26.4 Å². The van der Waals surface area contributed by atoms with Crippen molar-refractivity contribution in [2.75, 3.05) is 19.0 Å². The molecule has 2 heterocycles. The molecule has 0 radical (unpaired) electrons. The summed E-state index contributed by atoms with van der Waals surface area (Å²) >= 11 is 1.54. The molecule has 0 aromatic heterocycles. The number of carbonyl (C=O) groups is 2. The van der Waals surface area contributed by atoms with Crippen molar-refractivity contribution in [1.82, 2.24) is 10.2 Å². The van der Waals surface area contributed by atoms with Gasteiger partial charge in [0.1, 0.15) is 6.73 Å². The van der Waals surface area contributed by atoms with Gasteiger partial charge in [0.15, 0.2) is 0 Å². The van der Waals surface area contributed by atoms with E-state index in [4.69, 9.17) is 9.84 Å². The fourth-order valence-electron chi connectivity index (χ4n) is 2.13. The van der Waals surface area contributed by atoms with Crippen molar-refractivity contribution < 1.29 is 19.4 Å². The van der Waals surface area contributed by atoms with Crippen LogP contribution in [-0.4, -0.2) is 47.0 Å². The molecule has 1 amide bonds. The van der Waals surface area contributed by atoms with Gasteiger partial charge in [-0.2, -0.15) is 0 Å². The molecule has 1 fully saturated rings. The monoisotopic (exact) mass is 298 g/mol. The van der Waals surface area contributed by atoms with Crippen molar-refractivity contribution in [3.05, 3.63) is 22.4 Å². The number of thioether (sulfide) groups is 1. The lowest BCUT2D eigenvalue weighted by Crippen LogP contribution is -2.24. The number of fused-ring (bicyclic) bond motifs is 1. The quantitative estimate of drug-likeness (QED) is 0.448. The van der Waals surface area contributed by atoms with E-state index in [-0.39, 0.29) is 24.7 Å². The van der Waals surface area contributed by atoms with Crippen molar-refractivity contribution >= 4 is 23.6 Å². The maximum Gasteiger partial charge on any atom is 0.336 e. The van der Waals surface area contributed by atoms with Crippen LogP contribution in [0.15, 0.2) is 22.4 Å². The number of hydrogen-bond acceptors (Lipinski definition) is 6. The van der Waals surface area contributed by atoms with Gasteiger partial charge in [0.25, 0.3) is 0 Å². The zero-order valence-electron chi connectivity index (χ0n) is 11.5. The van der Waals surface area contributed by atoms with Crippen LogP contribution in [0.4, 0.5) is 0 Å². The van der Waals surface area contributed by atoms with E-state index in [2.05, 4.69) is 5.32 Å². The van der Waals surface area contributed by atoms with Gasteiger partial charge in [-0.25, -0.2) is 4.79 Å². The molecule has 0 spiro atoms. The molecule has 0 aromatic carbocycles. The Morgan fingerprint density at radius 1 is 1.55 bits per heavy atom. The summed E-state index contributed by atoms with van der Waals surface area (Å²) in [5.41, 5.74) is 1.54. The van der Waals surface area contributed by atoms with Gasteiger partial charge in [-0.1, -0.05) is 0 Å². The van der Waals surface area contributed by atoms with E-state index in [0.29, 0.717) is 24.3 Å². The van der Waals surface area contributed by atoms with Crippen molar-refractivity contribution in [3.8, 4) is 0 Å². The molecule has 0 bridgehead atoms. The van der Waals surface area contributed by atoms with Gasteiger partial charge in [-0.15, -0.1) is 11.8 Å². The molecule has 0 aliphatic carbocycles. The molecule has 20 heavy (non-hydrogen) atoms. The Hall–Kier alpha value is -1.47. The maximum absolute atomic E-state index is 12.0. The number of nitrogens with one attached hydrogen (secondary N) is 1. The largest absolute Gasteiger partial charge is 0.460 e. The highest BCUT2D eigenvalue weighted by Crippen LogP contribution is 2.42. The summed E-state index contributed by atoms with van der Waals surface area (Å²) in [6, 6.07) is 0. The normalized spacial score (nSPS) is 19.8. The molecule has 0 aromatic rings. The van der Waals surface area contributed by atoms with Crippen LogP contribution in [0.25, 0.3) is 0 Å². The minimum absolute atomic E-state index is 0.138. The van der Waals surface area contributed by atoms with Gasteiger partial charge in [0.05, 0.1) is 16.7 Å². The molecule has 0 atom stereocenters. The zero-order valence-corrected chi connectivity index (χ0v) is 12.3. The Morgan fingerprint density at radius 2 is 2.30 bits per heavy atom. The standard InChI is InChI=1S/C13H18N2O4S/c1-8(2)19-13(18)10-3-4-15-9(6-20-12(10)15)5-11(17)14-7-16/h5,8,16H,3-4,6-7H2,1-2H3,(H,14,17). The summed E-state index contributed by atoms with van der Waals surface area (Å²) < 4.78 is 5.23. The first-order chi connectivity index (χ1) is 9.52. The summed E-state index contributed by atoms with van der Waals surface area (Å²) in [6.45, 7) is 3.94. The molecule has 2 rings (SSSR count). The first-order valence-electron chi connectivity index (χ1n) is 6.46. The van der Waals surface area contributed by atoms with Crippen molar-refractivity contribution in [2.24, 2.45) is 0 Å². The highest BCUT2D eigenvalue weighted by molar-refractivity contribution is 8.03. The number of aliphatic hydroxyl groups is 1. The number of carbonyl (C=O) groups excluding carboxylic acids is 2. The Balaban J connectivity index is 2.12. The number of rotatable bonds is 4. The number of hydrogen-bond donors (Lipinski definition) is 2. The minimum Gasteiger partial charge on any atom is -0.460 e. The van der Waals surface area contributed by atoms with Crippen molar-refractivity contribution in [1.29, 1.82) is 0 Å². The lowest BCUT2D eigenvalue weighted by molar-refractivity contribution is -0.142. The average molecular weight is 298 g/mol. The molecule has 7 heteroatoms. The first kappa shape index (κ1) is 14.9. The van der Waals surface area contributed by atoms with Gasteiger partial charge in [-0.05, 0) is 13.8 Å². The van der Waals surface area contributed by atoms with E-state index in [9.17, 15) is 9.59 Å². The molecule has 2 aliphatic heterocycles. The minimum atomic E-state index is -0.385. The lowest BCUT2D eigenvalue weighted by atomic mass is 10.2. The van der Waals surface area contributed by atoms with Crippen LogP contribution in [0, 0.1) is 0 Å². The number of ether oxygens (including phenoxy) is 1. The van der Waals surface area contributed by atoms with Crippen LogP contribution < -0.4 is 5.32 Å². The van der Waals surface area contributed by atoms with E-state index in [1.807, 2.05) is 18.7 Å². The Morgan fingerprint density at radius 3 is 2.95 bits per heavy atom. The van der Waals surface area contributed by atoms with Crippen LogP contribution >= 0.6 is 11.8 Å². The highest BCUT2D eigenvalue weighted by Gasteiger charge is 2.35. The van der Waals surface area contributed by atoms with Gasteiger partial charge in [-0.3, -0.25) is 4.79 Å². The summed E-state index contributed by atoms with van der Waals surface area (Å²) in [5.74, 6) is 0.0423. The van der Waals surface area contributed by atoms with Crippen LogP contribution in [0.3, 0.4) is 0 Å². The number of nitrogens with zero attached hydrogens (tertiary/aromatic N) is 1. The molecule has 2 N–H and O–H groups in total. The first-order valence-corrected chi connectivity index (χ1v) is 7.45. The Bertz CT molecular complexity index is 485. The molecule has 1 saturated heterocycles. The van der Waals surface area contributed by atoms with E-state index in [1.165, 1.54) is 17.8 Å². The van der Waals surface area contributed by atoms with Crippen molar-refractivity contribution in [3.63, 3.8) is 0 Å². The topological polar surface area (TPSA) is 78.9 Å². The van der Waals surface area contributed by atoms with Gasteiger partial charge in [0, 0.05) is 30.5 Å². The Kier molecular flexibility index (Phi) is 4.72. The third-order valence-corrected chi connectivity index (χ3v) is 4.11. The maximum atomic E-state index is 12.0. The summed E-state index contributed by atoms with van der Waals surface area (Å²) in [6.07, 6.45) is 1.96. The fourth-order valence-corrected chi connectivity index (χ4v) is 3.38. The smallest absolute Gasteiger partial charge is 0.336 e. The van der Waals surface area contributed by atoms with E-state index < -0.39 is 0 Å². The molecule has 0 unspecified atom stereocenters. The molecule has 2 aliphatic rings. The molecule has 6 nitrogen and oxygen atoms in total. The van der Waals surface area contributed by atoms with Crippen LogP contribution in [-0.2, 0) is 14.3 Å². The molecular formula is C13H18N2O4S. The molecule has 110 valence electrons. The number of amides is 1. The van der Waals surface area contributed by atoms with Gasteiger partial charge in [0.2, 0.25) is 5.91 Å². The van der Waals surface area contributed by atoms with E-state index in [1.54, 1.807) is 0 Å². The third-order valence-electron chi connectivity index (χ3n) is 2.93. The van der Waals surface area contributed by atoms with Gasteiger partial charge < -0.3 is 20.1 Å². The second-order valence-electron chi connectivity index (χ2n) is 4.76. The second kappa shape index (κ2) is 6.32. The average Bonchev–Trinajstić information content (AvgIpc) is 2.91. The number of aliphatic hydroxyl groups excluding tert-OH is 1. The Labute approximate surface area is 121 Å². The predicted molar refractivity (Wildman–Crippen MR) is 75.3 cm³/mol. The van der Waals surface area contributed by atoms with Crippen LogP contribution in [0.2, 0.25) is 0 Å². The summed E-state index contributed by atoms with van der Waals surface area (Å²) in [4.78, 5) is 25.4. The SMILES string of the molecule is CC(C)OC(=O)C1=C2SCC(=CC(=O)NCO)N2CC1. The lowest BCUT2D eigenvalue weighted by Gasteiger charge is -2.14. The predicted octanol–water partition coefficient (Wildman–Crippen LogP) is 0.552.